The smallest absolute Gasteiger partial charge is 0.356 e. The van der Waals surface area contributed by atoms with Crippen LogP contribution in [0.1, 0.15) is 53.5 Å². The second-order valence-corrected chi connectivity index (χ2v) is 20.2. The molecule has 4 heterocycles. The number of carbonyl (C=O) groups excluding carboxylic acids is 3. The quantitative estimate of drug-likeness (QED) is 0.00973. The van der Waals surface area contributed by atoms with Gasteiger partial charge in [0.2, 0.25) is 0 Å². The van der Waals surface area contributed by atoms with Crippen molar-refractivity contribution in [3.63, 3.8) is 0 Å². The van der Waals surface area contributed by atoms with Gasteiger partial charge in [0.1, 0.15) is 35.5 Å². The molecule has 2 atom stereocenters. The lowest BCUT2D eigenvalue weighted by Crippen LogP contribution is -2.71. The number of fused-ring (bicyclic) bond motifs is 1. The topological polar surface area (TPSA) is 198 Å². The van der Waals surface area contributed by atoms with Crippen molar-refractivity contribution < 1.29 is 33.4 Å². The summed E-state index contributed by atoms with van der Waals surface area (Å²) in [5.74, 6) is -1.87. The lowest BCUT2D eigenvalue weighted by atomic mass is 9.77. The minimum atomic E-state index is -1.09. The molecule has 2 aliphatic rings. The number of oxime groups is 1. The number of thiazole rings is 1. The molecule has 394 valence electrons. The van der Waals surface area contributed by atoms with E-state index in [0.717, 1.165) is 37.7 Å². The Morgan fingerprint density at radius 1 is 0.805 bits per heavy atom. The summed E-state index contributed by atoms with van der Waals surface area (Å²) in [6.07, 6.45) is -0.0153. The first-order valence-corrected chi connectivity index (χ1v) is 27.4. The van der Waals surface area contributed by atoms with Crippen LogP contribution in [0, 0.1) is 0 Å². The second-order valence-electron chi connectivity index (χ2n) is 17.4. The predicted molar refractivity (Wildman–Crippen MR) is 297 cm³/mol. The Labute approximate surface area is 456 Å². The Morgan fingerprint density at radius 3 is 1.88 bits per heavy atom. The van der Waals surface area contributed by atoms with Gasteiger partial charge in [-0.05, 0) is 58.7 Å². The van der Waals surface area contributed by atoms with E-state index in [0.29, 0.717) is 35.0 Å². The van der Waals surface area contributed by atoms with Gasteiger partial charge in [0.25, 0.3) is 11.8 Å². The molecule has 2 amide bonds. The van der Waals surface area contributed by atoms with Crippen LogP contribution in [0.25, 0.3) is 0 Å². The molecule has 20 heteroatoms. The molecule has 9 rings (SSSR count). The third kappa shape index (κ3) is 11.6. The van der Waals surface area contributed by atoms with E-state index < -0.39 is 58.3 Å². The van der Waals surface area contributed by atoms with Crippen LogP contribution in [0.4, 0.5) is 5.13 Å². The first kappa shape index (κ1) is 53.9. The van der Waals surface area contributed by atoms with Gasteiger partial charge in [-0.2, -0.15) is 0 Å². The fourth-order valence-corrected chi connectivity index (χ4v) is 11.8. The zero-order valence-electron chi connectivity index (χ0n) is 42.4. The van der Waals surface area contributed by atoms with Gasteiger partial charge in [-0.3, -0.25) is 28.6 Å². The molecule has 0 radical (unpaired) electrons. The molecule has 1 saturated heterocycles. The molecule has 77 heavy (non-hydrogen) atoms. The first-order chi connectivity index (χ1) is 37.6. The minimum Gasteiger partial charge on any atom is -0.448 e. The molecule has 2 unspecified atom stereocenters. The highest BCUT2D eigenvalue weighted by molar-refractivity contribution is 8.02. The molecule has 0 bridgehead atoms. The highest BCUT2D eigenvalue weighted by Crippen LogP contribution is 2.43. The van der Waals surface area contributed by atoms with Crippen LogP contribution in [-0.4, -0.2) is 91.5 Å². The van der Waals surface area contributed by atoms with Crippen molar-refractivity contribution in [3.8, 4) is 0 Å². The van der Waals surface area contributed by atoms with Crippen LogP contribution < -0.4 is 21.8 Å². The van der Waals surface area contributed by atoms with Gasteiger partial charge in [0.05, 0.1) is 6.54 Å². The SMILES string of the molecule is CCOC(Cn1nc(S/C=C/C2=C(C(=O)OC(c3ccccc3)c3ccccc3)N3C(=O)C(NC(=O)/C(=N/OC)c4csc(NC(c5ccccc5)(c5ccccc5)c5ccccc5)n4)C3SC2)n(C)c(=O)c1=O)OCC. The molecule has 0 saturated carbocycles. The number of ether oxygens (including phenoxy) is 3. The van der Waals surface area contributed by atoms with Crippen molar-refractivity contribution in [2.45, 2.75) is 54.9 Å². The number of hydrogen-bond acceptors (Lipinski definition) is 16. The molecular formula is C57H54N8O9S3. The number of anilines is 1. The number of esters is 1. The zero-order chi connectivity index (χ0) is 53.9. The van der Waals surface area contributed by atoms with Crippen LogP contribution in [0.5, 0.6) is 0 Å². The van der Waals surface area contributed by atoms with E-state index >= 15 is 0 Å². The molecule has 2 N–H and O–H groups in total. The maximum Gasteiger partial charge on any atom is 0.356 e. The summed E-state index contributed by atoms with van der Waals surface area (Å²) < 4.78 is 19.7. The number of benzene rings is 5. The van der Waals surface area contributed by atoms with Crippen molar-refractivity contribution in [2.24, 2.45) is 12.2 Å². The average Bonchev–Trinajstić information content (AvgIpc) is 3.98. The standard InChI is InChI=1S/C57H54N8O9S3/c1-5-72-44(73-6-2)34-64-52(69)51(68)63(3)56(61-64)75-33-32-39-35-76-53-46(50(67)65(53)47(39)54(70)74-48(37-22-12-7-13-23-37)38-24-14-8-15-25-38)59-49(66)45(62-71-4)43-36-77-55(58-43)60-57(40-26-16-9-17-27-40,41-28-18-10-19-29-41)42-30-20-11-21-31-42/h7-33,36,44,46,48,53H,5-6,34-35H2,1-4H3,(H,58,60)(H,59,66)/b33-32+,62-45+. The Hall–Kier alpha value is -7.88. The van der Waals surface area contributed by atoms with E-state index in [2.05, 4.69) is 57.3 Å². The molecule has 0 aliphatic carbocycles. The molecule has 7 aromatic rings. The van der Waals surface area contributed by atoms with Gasteiger partial charge in [0, 0.05) is 31.4 Å². The zero-order valence-corrected chi connectivity index (χ0v) is 44.8. The lowest BCUT2D eigenvalue weighted by Gasteiger charge is -2.49. The van der Waals surface area contributed by atoms with Crippen LogP contribution >= 0.6 is 34.9 Å². The Bertz CT molecular complexity index is 3270. The number of thioether (sulfide) groups is 2. The normalized spacial score (nSPS) is 15.6. The monoisotopic (exact) mass is 1090 g/mol. The number of amides is 2. The summed E-state index contributed by atoms with van der Waals surface area (Å²) >= 11 is 3.64. The van der Waals surface area contributed by atoms with Crippen molar-refractivity contribution in [1.82, 2.24) is 29.5 Å². The summed E-state index contributed by atoms with van der Waals surface area (Å²) in [5, 5.41) is 18.4. The number of aromatic nitrogens is 4. The number of nitrogens with zero attached hydrogens (tertiary/aromatic N) is 6. The number of hydrogen-bond donors (Lipinski definition) is 2. The van der Waals surface area contributed by atoms with Gasteiger partial charge < -0.3 is 29.7 Å². The highest BCUT2D eigenvalue weighted by atomic mass is 32.2. The summed E-state index contributed by atoms with van der Waals surface area (Å²) in [6.45, 7) is 4.08. The highest BCUT2D eigenvalue weighted by Gasteiger charge is 2.55. The fourth-order valence-electron chi connectivity index (χ4n) is 9.02. The number of carbonyl (C=O) groups is 3. The molecule has 17 nitrogen and oxygen atoms in total. The van der Waals surface area contributed by atoms with Crippen LogP contribution in [0.3, 0.4) is 0 Å². The molecule has 1 fully saturated rings. The van der Waals surface area contributed by atoms with Crippen LogP contribution in [0.15, 0.2) is 200 Å². The minimum absolute atomic E-state index is 0.0271. The maximum atomic E-state index is 14.8. The molecule has 0 spiro atoms. The number of nitrogens with one attached hydrogen (secondary N) is 2. The largest absolute Gasteiger partial charge is 0.448 e. The number of allylic oxidation sites excluding steroid dienone is 1. The van der Waals surface area contributed by atoms with Gasteiger partial charge in [-0.15, -0.1) is 28.2 Å². The van der Waals surface area contributed by atoms with Gasteiger partial charge in [-0.25, -0.2) is 14.5 Å². The number of rotatable bonds is 22. The lowest BCUT2D eigenvalue weighted by molar-refractivity contribution is -0.154. The summed E-state index contributed by atoms with van der Waals surface area (Å²) in [5.41, 5.74) is 2.15. The van der Waals surface area contributed by atoms with Crippen molar-refractivity contribution in [3.05, 3.63) is 234 Å². The summed E-state index contributed by atoms with van der Waals surface area (Å²) in [7, 11) is 2.75. The molecular weight excluding hydrogens is 1040 g/mol. The average molecular weight is 1090 g/mol. The van der Waals surface area contributed by atoms with Crippen molar-refractivity contribution >= 4 is 63.5 Å². The van der Waals surface area contributed by atoms with E-state index in [-0.39, 0.29) is 34.6 Å². The molecule has 5 aromatic carbocycles. The van der Waals surface area contributed by atoms with Gasteiger partial charge >= 0.3 is 17.1 Å². The van der Waals surface area contributed by atoms with Gasteiger partial charge in [0.15, 0.2) is 28.4 Å². The van der Waals surface area contributed by atoms with Crippen LogP contribution in [0.2, 0.25) is 0 Å². The van der Waals surface area contributed by atoms with Crippen LogP contribution in [-0.2, 0) is 52.6 Å². The van der Waals surface area contributed by atoms with E-state index in [4.69, 9.17) is 24.0 Å². The molecule has 2 aromatic heterocycles. The van der Waals surface area contributed by atoms with Crippen molar-refractivity contribution in [2.75, 3.05) is 31.4 Å². The van der Waals surface area contributed by atoms with E-state index in [1.807, 2.05) is 115 Å². The Balaban J connectivity index is 1.00. The van der Waals surface area contributed by atoms with Gasteiger partial charge in [-0.1, -0.05) is 169 Å². The summed E-state index contributed by atoms with van der Waals surface area (Å²) in [4.78, 5) is 81.4. The fraction of sp³-hybridized carbons (Fsp3) is 0.228. The van der Waals surface area contributed by atoms with E-state index in [9.17, 15) is 24.0 Å². The first-order valence-electron chi connectivity index (χ1n) is 24.6. The van der Waals surface area contributed by atoms with E-state index in [1.165, 1.54) is 42.2 Å². The molecule has 2 aliphatic heterocycles. The maximum absolute atomic E-state index is 14.8. The third-order valence-corrected chi connectivity index (χ3v) is 15.5. The third-order valence-electron chi connectivity index (χ3n) is 12.7. The van der Waals surface area contributed by atoms with E-state index in [1.54, 1.807) is 30.7 Å². The second kappa shape index (κ2) is 24.9. The Morgan fingerprint density at radius 2 is 1.35 bits per heavy atom. The number of β-lactam (4-membered cyclic amide) rings is 1. The summed E-state index contributed by atoms with van der Waals surface area (Å²) in [6, 6.07) is 47.5. The predicted octanol–water partition coefficient (Wildman–Crippen LogP) is 7.84. The Kier molecular flexibility index (Phi) is 17.4. The van der Waals surface area contributed by atoms with Crippen molar-refractivity contribution in [1.29, 1.82) is 0 Å².